The van der Waals surface area contributed by atoms with E-state index in [-0.39, 0.29) is 5.92 Å². The summed E-state index contributed by atoms with van der Waals surface area (Å²) in [5, 5.41) is 0.905. The number of rotatable bonds is 3. The fourth-order valence-electron chi connectivity index (χ4n) is 3.96. The van der Waals surface area contributed by atoms with Crippen LogP contribution < -0.4 is 4.74 Å². The molecule has 1 unspecified atom stereocenters. The van der Waals surface area contributed by atoms with Gasteiger partial charge in [0.05, 0.1) is 11.5 Å². The second-order valence-corrected chi connectivity index (χ2v) is 9.26. The van der Waals surface area contributed by atoms with Crippen LogP contribution in [0.3, 0.4) is 0 Å². The van der Waals surface area contributed by atoms with Crippen molar-refractivity contribution < 1.29 is 13.2 Å². The number of hydrogen-bond acceptors (Lipinski definition) is 3. The number of hydrogen-bond donors (Lipinski definition) is 0. The quantitative estimate of drug-likeness (QED) is 0.752. The Bertz CT molecular complexity index is 823. The highest BCUT2D eigenvalue weighted by Crippen LogP contribution is 2.37. The molecule has 1 saturated heterocycles. The van der Waals surface area contributed by atoms with Crippen molar-refractivity contribution in [2.24, 2.45) is 11.8 Å². The average molecular weight is 380 g/mol. The molecule has 1 aliphatic carbocycles. The molecule has 2 heterocycles. The maximum absolute atomic E-state index is 13.0. The van der Waals surface area contributed by atoms with Gasteiger partial charge in [-0.15, -0.1) is 0 Å². The topological polar surface area (TPSA) is 46.6 Å². The molecule has 4 rings (SSSR count). The first-order valence-electron chi connectivity index (χ1n) is 8.84. The normalized spacial score (nSPS) is 24.7. The van der Waals surface area contributed by atoms with Gasteiger partial charge in [-0.05, 0) is 48.9 Å². The minimum Gasteiger partial charge on any atom is -0.493 e. The van der Waals surface area contributed by atoms with Crippen molar-refractivity contribution in [3.05, 3.63) is 47.0 Å². The van der Waals surface area contributed by atoms with Gasteiger partial charge in [-0.1, -0.05) is 29.8 Å². The van der Waals surface area contributed by atoms with Crippen LogP contribution in [0.25, 0.3) is 0 Å². The molecule has 6 heteroatoms. The molecule has 3 aliphatic rings. The zero-order chi connectivity index (χ0) is 17.4. The minimum absolute atomic E-state index is 0.248. The number of ether oxygens (including phenoxy) is 1. The molecule has 1 fully saturated rings. The number of fused-ring (bicyclic) bond motifs is 1. The lowest BCUT2D eigenvalue weighted by Gasteiger charge is -2.35. The fraction of sp³-hybridized carbons (Fsp3) is 0.474. The third-order valence-electron chi connectivity index (χ3n) is 5.42. The molecule has 0 spiro atoms. The summed E-state index contributed by atoms with van der Waals surface area (Å²) in [6.45, 7) is 1.73. The van der Waals surface area contributed by atoms with Gasteiger partial charge in [0.15, 0.2) is 0 Å². The van der Waals surface area contributed by atoms with Crippen molar-refractivity contribution in [2.45, 2.75) is 30.6 Å². The van der Waals surface area contributed by atoms with Crippen LogP contribution in [0.15, 0.2) is 46.4 Å². The molecule has 1 atom stereocenters. The van der Waals surface area contributed by atoms with Crippen LogP contribution in [-0.2, 0) is 16.4 Å². The molecule has 0 radical (unpaired) electrons. The molecular formula is C19H22ClNO3S. The maximum Gasteiger partial charge on any atom is 0.243 e. The van der Waals surface area contributed by atoms with Crippen molar-refractivity contribution in [1.29, 1.82) is 0 Å². The van der Waals surface area contributed by atoms with Crippen molar-refractivity contribution >= 4 is 21.6 Å². The van der Waals surface area contributed by atoms with E-state index < -0.39 is 10.0 Å². The summed E-state index contributed by atoms with van der Waals surface area (Å²) >= 11 is 6.36. The summed E-state index contributed by atoms with van der Waals surface area (Å²) in [5.74, 6) is 1.47. The molecule has 0 aromatic heterocycles. The lowest BCUT2D eigenvalue weighted by atomic mass is 9.82. The van der Waals surface area contributed by atoms with Gasteiger partial charge in [-0.2, -0.15) is 4.31 Å². The summed E-state index contributed by atoms with van der Waals surface area (Å²) in [4.78, 5) is 0.380. The first-order chi connectivity index (χ1) is 12.1. The Labute approximate surface area is 154 Å². The van der Waals surface area contributed by atoms with Gasteiger partial charge in [0.1, 0.15) is 5.75 Å². The predicted molar refractivity (Wildman–Crippen MR) is 98.3 cm³/mol. The van der Waals surface area contributed by atoms with Crippen molar-refractivity contribution in [3.63, 3.8) is 0 Å². The minimum atomic E-state index is -3.44. The van der Waals surface area contributed by atoms with E-state index in [0.717, 1.165) is 42.0 Å². The van der Waals surface area contributed by atoms with E-state index >= 15 is 0 Å². The number of nitrogens with zero attached hydrogens (tertiary/aromatic N) is 1. The lowest BCUT2D eigenvalue weighted by molar-refractivity contribution is 0.248. The Hall–Kier alpha value is -1.30. The molecule has 1 aromatic rings. The highest BCUT2D eigenvalue weighted by molar-refractivity contribution is 7.89. The summed E-state index contributed by atoms with van der Waals surface area (Å²) in [6, 6.07) is 5.21. The molecule has 1 aromatic carbocycles. The van der Waals surface area contributed by atoms with Gasteiger partial charge >= 0.3 is 0 Å². The molecule has 0 N–H and O–H groups in total. The SMILES string of the molecule is O=S(=O)(c1ccc2c(c1)CCO2)N1CCC(C2C=CCC=C2Cl)CC1. The Balaban J connectivity index is 1.47. The van der Waals surface area contributed by atoms with E-state index in [9.17, 15) is 8.42 Å². The smallest absolute Gasteiger partial charge is 0.243 e. The van der Waals surface area contributed by atoms with E-state index in [0.29, 0.717) is 30.5 Å². The van der Waals surface area contributed by atoms with E-state index in [1.54, 1.807) is 22.5 Å². The first kappa shape index (κ1) is 17.1. The summed E-state index contributed by atoms with van der Waals surface area (Å²) in [5.41, 5.74) is 0.986. The van der Waals surface area contributed by atoms with Gasteiger partial charge in [-0.25, -0.2) is 8.42 Å². The Morgan fingerprint density at radius 1 is 1.20 bits per heavy atom. The lowest BCUT2D eigenvalue weighted by Crippen LogP contribution is -2.40. The number of sulfonamides is 1. The summed E-state index contributed by atoms with van der Waals surface area (Å²) < 4.78 is 33.0. The summed E-state index contributed by atoms with van der Waals surface area (Å²) in [7, 11) is -3.44. The maximum atomic E-state index is 13.0. The van der Waals surface area contributed by atoms with Gasteiger partial charge in [0, 0.05) is 30.5 Å². The van der Waals surface area contributed by atoms with Crippen LogP contribution in [0.5, 0.6) is 5.75 Å². The number of benzene rings is 1. The van der Waals surface area contributed by atoms with Crippen molar-refractivity contribution in [2.75, 3.05) is 19.7 Å². The van der Waals surface area contributed by atoms with E-state index in [4.69, 9.17) is 16.3 Å². The van der Waals surface area contributed by atoms with Gasteiger partial charge in [-0.3, -0.25) is 0 Å². The van der Waals surface area contributed by atoms with E-state index in [1.807, 2.05) is 0 Å². The van der Waals surface area contributed by atoms with Crippen LogP contribution in [0.1, 0.15) is 24.8 Å². The second-order valence-electron chi connectivity index (χ2n) is 6.89. The van der Waals surface area contributed by atoms with E-state index in [2.05, 4.69) is 18.2 Å². The second kappa shape index (κ2) is 6.78. The third-order valence-corrected chi connectivity index (χ3v) is 7.72. The van der Waals surface area contributed by atoms with Crippen LogP contribution in [0.2, 0.25) is 0 Å². The molecule has 0 bridgehead atoms. The summed E-state index contributed by atoms with van der Waals surface area (Å²) in [6.07, 6.45) is 9.73. The number of allylic oxidation sites excluding steroid dienone is 4. The molecule has 134 valence electrons. The van der Waals surface area contributed by atoms with Crippen LogP contribution in [-0.4, -0.2) is 32.4 Å². The highest BCUT2D eigenvalue weighted by Gasteiger charge is 2.33. The molecule has 0 saturated carbocycles. The fourth-order valence-corrected chi connectivity index (χ4v) is 5.82. The van der Waals surface area contributed by atoms with Gasteiger partial charge in [0.25, 0.3) is 0 Å². The largest absolute Gasteiger partial charge is 0.493 e. The van der Waals surface area contributed by atoms with E-state index in [1.165, 1.54) is 0 Å². The van der Waals surface area contributed by atoms with Crippen molar-refractivity contribution in [3.8, 4) is 5.75 Å². The molecule has 0 amide bonds. The average Bonchev–Trinajstić information content (AvgIpc) is 3.10. The zero-order valence-corrected chi connectivity index (χ0v) is 15.6. The highest BCUT2D eigenvalue weighted by atomic mass is 35.5. The van der Waals surface area contributed by atoms with Gasteiger partial charge < -0.3 is 4.74 Å². The molecule has 4 nitrogen and oxygen atoms in total. The van der Waals surface area contributed by atoms with Crippen molar-refractivity contribution in [1.82, 2.24) is 4.31 Å². The standard InChI is InChI=1S/C19H22ClNO3S/c20-18-4-2-1-3-17(18)14-7-10-21(11-8-14)25(22,23)16-5-6-19-15(13-16)9-12-24-19/h1,3-6,13-14,17H,2,7-12H2. The zero-order valence-electron chi connectivity index (χ0n) is 14.0. The van der Waals surface area contributed by atoms with Crippen LogP contribution in [0, 0.1) is 11.8 Å². The molecular weight excluding hydrogens is 358 g/mol. The Morgan fingerprint density at radius 3 is 2.76 bits per heavy atom. The number of piperidine rings is 1. The monoisotopic (exact) mass is 379 g/mol. The van der Waals surface area contributed by atoms with Crippen LogP contribution >= 0.6 is 11.6 Å². The Morgan fingerprint density at radius 2 is 2.00 bits per heavy atom. The number of halogens is 1. The third kappa shape index (κ3) is 3.25. The van der Waals surface area contributed by atoms with Crippen LogP contribution in [0.4, 0.5) is 0 Å². The first-order valence-corrected chi connectivity index (χ1v) is 10.7. The molecule has 25 heavy (non-hydrogen) atoms. The predicted octanol–water partition coefficient (Wildman–Crippen LogP) is 3.72. The van der Waals surface area contributed by atoms with Gasteiger partial charge in [0.2, 0.25) is 10.0 Å². The molecule has 2 aliphatic heterocycles. The Kier molecular flexibility index (Phi) is 4.65.